The number of hydrogen-bond donors (Lipinski definition) is 4. The summed E-state index contributed by atoms with van der Waals surface area (Å²) in [5, 5.41) is 11.6. The van der Waals surface area contributed by atoms with Crippen molar-refractivity contribution in [3.05, 3.63) is 83.9 Å². The van der Waals surface area contributed by atoms with Gasteiger partial charge in [-0.1, -0.05) is 44.5 Å². The lowest BCUT2D eigenvalue weighted by Crippen LogP contribution is -2.27. The van der Waals surface area contributed by atoms with Crippen molar-refractivity contribution in [2.45, 2.75) is 27.7 Å². The Labute approximate surface area is 200 Å². The Morgan fingerprint density at radius 1 is 0.706 bits per heavy atom. The molecule has 3 aromatic carbocycles. The summed E-state index contributed by atoms with van der Waals surface area (Å²) in [6.07, 6.45) is 0. The lowest BCUT2D eigenvalue weighted by molar-refractivity contribution is -0.123. The van der Waals surface area contributed by atoms with Crippen LogP contribution in [0.4, 0.5) is 22.7 Å². The maximum atomic E-state index is 12.4. The minimum Gasteiger partial charge on any atom is -0.376 e. The first-order chi connectivity index (χ1) is 16.1. The maximum absolute atomic E-state index is 12.4. The molecule has 3 amide bonds. The molecule has 0 aliphatic heterocycles. The van der Waals surface area contributed by atoms with Crippen molar-refractivity contribution < 1.29 is 14.4 Å². The molecule has 7 heteroatoms. The van der Waals surface area contributed by atoms with Gasteiger partial charge < -0.3 is 21.3 Å². The van der Waals surface area contributed by atoms with Crippen LogP contribution in [0.3, 0.4) is 0 Å². The fraction of sp³-hybridized carbons (Fsp3) is 0.222. The van der Waals surface area contributed by atoms with Crippen molar-refractivity contribution in [2.75, 3.05) is 27.8 Å². The largest absolute Gasteiger partial charge is 0.376 e. The van der Waals surface area contributed by atoms with Crippen LogP contribution in [0.2, 0.25) is 0 Å². The predicted molar refractivity (Wildman–Crippen MR) is 137 cm³/mol. The molecule has 0 atom stereocenters. The van der Waals surface area contributed by atoms with Crippen molar-refractivity contribution in [2.24, 2.45) is 5.41 Å². The van der Waals surface area contributed by atoms with Gasteiger partial charge in [-0.2, -0.15) is 0 Å². The second kappa shape index (κ2) is 10.7. The standard InChI is InChI=1S/C27H30N4O3/c1-18-7-5-8-19(15-18)25(33)30-21-13-11-20(12-14-21)28-17-24(32)29-22-9-6-10-23(16-22)31-26(34)27(2,3)4/h5-16,28H,17H2,1-4H3,(H,29,32)(H,30,33)(H,31,34). The first-order valence-electron chi connectivity index (χ1n) is 11.0. The van der Waals surface area contributed by atoms with Crippen LogP contribution in [0.15, 0.2) is 72.8 Å². The number of benzene rings is 3. The number of carbonyl (C=O) groups excluding carboxylic acids is 3. The summed E-state index contributed by atoms with van der Waals surface area (Å²) in [7, 11) is 0. The van der Waals surface area contributed by atoms with Gasteiger partial charge in [-0.15, -0.1) is 0 Å². The molecule has 4 N–H and O–H groups in total. The minimum absolute atomic E-state index is 0.0631. The van der Waals surface area contributed by atoms with E-state index in [1.54, 1.807) is 54.6 Å². The van der Waals surface area contributed by atoms with Crippen molar-refractivity contribution in [3.8, 4) is 0 Å². The molecule has 0 fully saturated rings. The fourth-order valence-electron chi connectivity index (χ4n) is 3.04. The Morgan fingerprint density at radius 2 is 1.32 bits per heavy atom. The SMILES string of the molecule is Cc1cccc(C(=O)Nc2ccc(NCC(=O)Nc3cccc(NC(=O)C(C)(C)C)c3)cc2)c1. The Balaban J connectivity index is 1.50. The molecule has 176 valence electrons. The molecule has 0 unspecified atom stereocenters. The predicted octanol–water partition coefficient (Wildman–Crippen LogP) is 5.28. The fourth-order valence-corrected chi connectivity index (χ4v) is 3.04. The van der Waals surface area contributed by atoms with Crippen molar-refractivity contribution in [1.29, 1.82) is 0 Å². The highest BCUT2D eigenvalue weighted by atomic mass is 16.2. The van der Waals surface area contributed by atoms with Gasteiger partial charge in [0.05, 0.1) is 6.54 Å². The van der Waals surface area contributed by atoms with E-state index in [9.17, 15) is 14.4 Å². The Bertz CT molecular complexity index is 1180. The van der Waals surface area contributed by atoms with Gasteiger partial charge >= 0.3 is 0 Å². The van der Waals surface area contributed by atoms with E-state index in [1.165, 1.54) is 0 Å². The molecule has 3 rings (SSSR count). The van der Waals surface area contributed by atoms with Gasteiger partial charge in [0, 0.05) is 33.7 Å². The lowest BCUT2D eigenvalue weighted by atomic mass is 9.95. The van der Waals surface area contributed by atoms with Gasteiger partial charge in [-0.3, -0.25) is 14.4 Å². The third-order valence-electron chi connectivity index (χ3n) is 4.96. The summed E-state index contributed by atoms with van der Waals surface area (Å²) in [6, 6.07) is 21.5. The summed E-state index contributed by atoms with van der Waals surface area (Å²) >= 11 is 0. The molecule has 0 radical (unpaired) electrons. The monoisotopic (exact) mass is 458 g/mol. The van der Waals surface area contributed by atoms with Gasteiger partial charge in [0.25, 0.3) is 5.91 Å². The van der Waals surface area contributed by atoms with Crippen molar-refractivity contribution in [3.63, 3.8) is 0 Å². The number of anilines is 4. The van der Waals surface area contributed by atoms with Crippen LogP contribution in [-0.2, 0) is 9.59 Å². The zero-order valence-corrected chi connectivity index (χ0v) is 19.9. The normalized spacial score (nSPS) is 10.8. The molecule has 0 aromatic heterocycles. The van der Waals surface area contributed by atoms with Crippen molar-refractivity contribution in [1.82, 2.24) is 0 Å². The van der Waals surface area contributed by atoms with E-state index in [4.69, 9.17) is 0 Å². The van der Waals surface area contributed by atoms with Crippen LogP contribution in [0, 0.1) is 12.3 Å². The number of aryl methyl sites for hydroxylation is 1. The first-order valence-corrected chi connectivity index (χ1v) is 11.0. The molecule has 3 aromatic rings. The van der Waals surface area contributed by atoms with Crippen LogP contribution >= 0.6 is 0 Å². The average molecular weight is 459 g/mol. The number of hydrogen-bond acceptors (Lipinski definition) is 4. The first kappa shape index (κ1) is 24.5. The van der Waals surface area contributed by atoms with E-state index in [2.05, 4.69) is 21.3 Å². The van der Waals surface area contributed by atoms with Gasteiger partial charge in [-0.05, 0) is 61.5 Å². The summed E-state index contributed by atoms with van der Waals surface area (Å²) in [4.78, 5) is 36.9. The Hall–Kier alpha value is -4.13. The van der Waals surface area contributed by atoms with Crippen LogP contribution in [0.1, 0.15) is 36.7 Å². The molecule has 0 aliphatic carbocycles. The molecule has 0 heterocycles. The zero-order chi connectivity index (χ0) is 24.7. The summed E-state index contributed by atoms with van der Waals surface area (Å²) < 4.78 is 0. The lowest BCUT2D eigenvalue weighted by Gasteiger charge is -2.18. The topological polar surface area (TPSA) is 99.3 Å². The Morgan fingerprint density at radius 3 is 1.97 bits per heavy atom. The van der Waals surface area contributed by atoms with E-state index >= 15 is 0 Å². The molecule has 0 aliphatic rings. The number of carbonyl (C=O) groups is 3. The molecule has 0 saturated carbocycles. The van der Waals surface area contributed by atoms with E-state index < -0.39 is 5.41 Å². The minimum atomic E-state index is -0.512. The van der Waals surface area contributed by atoms with Crippen molar-refractivity contribution >= 4 is 40.5 Å². The van der Waals surface area contributed by atoms with E-state index in [-0.39, 0.29) is 24.3 Å². The highest BCUT2D eigenvalue weighted by Gasteiger charge is 2.21. The second-order valence-corrected chi connectivity index (χ2v) is 9.09. The van der Waals surface area contributed by atoms with E-state index in [0.29, 0.717) is 22.6 Å². The zero-order valence-electron chi connectivity index (χ0n) is 19.9. The number of rotatable bonds is 7. The molecule has 0 spiro atoms. The molecular weight excluding hydrogens is 428 g/mol. The maximum Gasteiger partial charge on any atom is 0.255 e. The summed E-state index contributed by atoms with van der Waals surface area (Å²) in [6.45, 7) is 7.52. The van der Waals surface area contributed by atoms with E-state index in [1.807, 2.05) is 45.9 Å². The highest BCUT2D eigenvalue weighted by molar-refractivity contribution is 6.04. The van der Waals surface area contributed by atoms with Crippen LogP contribution in [-0.4, -0.2) is 24.3 Å². The second-order valence-electron chi connectivity index (χ2n) is 9.09. The molecule has 7 nitrogen and oxygen atoms in total. The van der Waals surface area contributed by atoms with E-state index in [0.717, 1.165) is 11.3 Å². The van der Waals surface area contributed by atoms with Gasteiger partial charge in [-0.25, -0.2) is 0 Å². The third-order valence-corrected chi connectivity index (χ3v) is 4.96. The molecule has 0 bridgehead atoms. The molecule has 0 saturated heterocycles. The van der Waals surface area contributed by atoms with Gasteiger partial charge in [0.2, 0.25) is 11.8 Å². The molecular formula is C27H30N4O3. The van der Waals surface area contributed by atoms with Crippen LogP contribution in [0.5, 0.6) is 0 Å². The Kier molecular flexibility index (Phi) is 7.68. The molecule has 34 heavy (non-hydrogen) atoms. The highest BCUT2D eigenvalue weighted by Crippen LogP contribution is 2.20. The smallest absolute Gasteiger partial charge is 0.255 e. The van der Waals surface area contributed by atoms with Gasteiger partial charge in [0.1, 0.15) is 0 Å². The summed E-state index contributed by atoms with van der Waals surface area (Å²) in [5.74, 6) is -0.503. The third kappa shape index (κ3) is 7.20. The number of amides is 3. The quantitative estimate of drug-likeness (QED) is 0.387. The average Bonchev–Trinajstić information content (AvgIpc) is 2.78. The summed E-state index contributed by atoms with van der Waals surface area (Å²) in [5.41, 5.74) is 3.72. The van der Waals surface area contributed by atoms with Gasteiger partial charge in [0.15, 0.2) is 0 Å². The van der Waals surface area contributed by atoms with Crippen LogP contribution < -0.4 is 21.3 Å². The van der Waals surface area contributed by atoms with Crippen LogP contribution in [0.25, 0.3) is 0 Å². The number of nitrogens with one attached hydrogen (secondary N) is 4.